The Hall–Kier alpha value is -2.43. The van der Waals surface area contributed by atoms with Crippen molar-refractivity contribution in [3.05, 3.63) is 42.1 Å². The monoisotopic (exact) mass is 286 g/mol. The van der Waals surface area contributed by atoms with Crippen LogP contribution >= 0.6 is 0 Å². The van der Waals surface area contributed by atoms with Crippen molar-refractivity contribution in [3.63, 3.8) is 0 Å². The van der Waals surface area contributed by atoms with Gasteiger partial charge >= 0.3 is 5.97 Å². The zero-order valence-corrected chi connectivity index (χ0v) is 12.1. The SMILES string of the molecule is CC[C@@H](C)NC(=O)COC(=O)c1ccc2ccccc2n1. The van der Waals surface area contributed by atoms with E-state index in [4.69, 9.17) is 4.74 Å². The summed E-state index contributed by atoms with van der Waals surface area (Å²) in [5.74, 6) is -0.904. The van der Waals surface area contributed by atoms with Crippen LogP contribution in [0.5, 0.6) is 0 Å². The van der Waals surface area contributed by atoms with E-state index < -0.39 is 5.97 Å². The number of hydrogen-bond donors (Lipinski definition) is 1. The van der Waals surface area contributed by atoms with Gasteiger partial charge in [-0.1, -0.05) is 31.2 Å². The number of nitrogens with zero attached hydrogens (tertiary/aromatic N) is 1. The zero-order chi connectivity index (χ0) is 15.2. The molecular formula is C16H18N2O3. The second kappa shape index (κ2) is 6.83. The second-order valence-electron chi connectivity index (χ2n) is 4.84. The Kier molecular flexibility index (Phi) is 4.87. The number of benzene rings is 1. The lowest BCUT2D eigenvalue weighted by Crippen LogP contribution is -2.35. The van der Waals surface area contributed by atoms with Gasteiger partial charge in [-0.25, -0.2) is 9.78 Å². The topological polar surface area (TPSA) is 68.3 Å². The number of esters is 1. The third-order valence-electron chi connectivity index (χ3n) is 3.16. The number of ether oxygens (including phenoxy) is 1. The van der Waals surface area contributed by atoms with Crippen LogP contribution in [0.2, 0.25) is 0 Å². The van der Waals surface area contributed by atoms with Gasteiger partial charge in [0.25, 0.3) is 5.91 Å². The molecule has 1 aromatic carbocycles. The van der Waals surface area contributed by atoms with Gasteiger partial charge < -0.3 is 10.1 Å². The molecule has 1 heterocycles. The fraction of sp³-hybridized carbons (Fsp3) is 0.312. The Balaban J connectivity index is 1.97. The highest BCUT2D eigenvalue weighted by atomic mass is 16.5. The number of pyridine rings is 1. The lowest BCUT2D eigenvalue weighted by Gasteiger charge is -2.11. The van der Waals surface area contributed by atoms with Gasteiger partial charge in [0.1, 0.15) is 5.69 Å². The first-order valence-corrected chi connectivity index (χ1v) is 6.92. The number of rotatable bonds is 5. The van der Waals surface area contributed by atoms with Crippen LogP contribution in [0.3, 0.4) is 0 Å². The maximum absolute atomic E-state index is 11.9. The van der Waals surface area contributed by atoms with Gasteiger partial charge in [-0.05, 0) is 25.5 Å². The first kappa shape index (κ1) is 15.0. The first-order valence-electron chi connectivity index (χ1n) is 6.92. The number of para-hydroxylation sites is 1. The molecule has 0 saturated heterocycles. The van der Waals surface area contributed by atoms with Crippen molar-refractivity contribution in [1.29, 1.82) is 0 Å². The average molecular weight is 286 g/mol. The van der Waals surface area contributed by atoms with Crippen molar-refractivity contribution in [2.45, 2.75) is 26.3 Å². The summed E-state index contributed by atoms with van der Waals surface area (Å²) in [7, 11) is 0. The largest absolute Gasteiger partial charge is 0.451 e. The van der Waals surface area contributed by atoms with Crippen LogP contribution in [0.25, 0.3) is 10.9 Å². The number of carbonyl (C=O) groups excluding carboxylic acids is 2. The molecule has 0 aliphatic rings. The predicted octanol–water partition coefficient (Wildman–Crippen LogP) is 2.31. The number of carbonyl (C=O) groups is 2. The van der Waals surface area contributed by atoms with Gasteiger partial charge in [0.05, 0.1) is 5.52 Å². The van der Waals surface area contributed by atoms with Crippen molar-refractivity contribution in [1.82, 2.24) is 10.3 Å². The van der Waals surface area contributed by atoms with E-state index in [0.717, 1.165) is 17.3 Å². The third kappa shape index (κ3) is 4.02. The highest BCUT2D eigenvalue weighted by Crippen LogP contribution is 2.12. The van der Waals surface area contributed by atoms with Gasteiger partial charge in [0, 0.05) is 11.4 Å². The molecule has 0 fully saturated rings. The van der Waals surface area contributed by atoms with Crippen molar-refractivity contribution in [2.75, 3.05) is 6.61 Å². The summed E-state index contributed by atoms with van der Waals surface area (Å²) >= 11 is 0. The molecule has 0 radical (unpaired) electrons. The Morgan fingerprint density at radius 1 is 1.24 bits per heavy atom. The Bertz CT molecular complexity index is 655. The summed E-state index contributed by atoms with van der Waals surface area (Å²) in [6, 6.07) is 11.0. The van der Waals surface area contributed by atoms with Crippen molar-refractivity contribution >= 4 is 22.8 Å². The van der Waals surface area contributed by atoms with E-state index in [1.165, 1.54) is 0 Å². The van der Waals surface area contributed by atoms with Crippen molar-refractivity contribution < 1.29 is 14.3 Å². The lowest BCUT2D eigenvalue weighted by molar-refractivity contribution is -0.124. The number of hydrogen-bond acceptors (Lipinski definition) is 4. The van der Waals surface area contributed by atoms with Crippen LogP contribution in [-0.2, 0) is 9.53 Å². The maximum Gasteiger partial charge on any atom is 0.357 e. The van der Waals surface area contributed by atoms with Crippen LogP contribution in [0, 0.1) is 0 Å². The van der Waals surface area contributed by atoms with E-state index in [2.05, 4.69) is 10.3 Å². The van der Waals surface area contributed by atoms with Crippen LogP contribution in [0.15, 0.2) is 36.4 Å². The minimum atomic E-state index is -0.597. The lowest BCUT2D eigenvalue weighted by atomic mass is 10.2. The third-order valence-corrected chi connectivity index (χ3v) is 3.16. The second-order valence-corrected chi connectivity index (χ2v) is 4.84. The highest BCUT2D eigenvalue weighted by Gasteiger charge is 2.13. The molecule has 1 N–H and O–H groups in total. The highest BCUT2D eigenvalue weighted by molar-refractivity contribution is 5.92. The summed E-state index contributed by atoms with van der Waals surface area (Å²) < 4.78 is 4.97. The summed E-state index contributed by atoms with van der Waals surface area (Å²) in [6.45, 7) is 3.57. The van der Waals surface area contributed by atoms with E-state index in [0.29, 0.717) is 0 Å². The molecule has 1 atom stereocenters. The summed E-state index contributed by atoms with van der Waals surface area (Å²) in [5, 5.41) is 3.68. The van der Waals surface area contributed by atoms with E-state index in [1.54, 1.807) is 12.1 Å². The number of fused-ring (bicyclic) bond motifs is 1. The molecule has 2 rings (SSSR count). The molecule has 0 aliphatic carbocycles. The van der Waals surface area contributed by atoms with E-state index in [9.17, 15) is 9.59 Å². The van der Waals surface area contributed by atoms with E-state index >= 15 is 0 Å². The Morgan fingerprint density at radius 2 is 2.00 bits per heavy atom. The zero-order valence-electron chi connectivity index (χ0n) is 12.1. The molecule has 5 heteroatoms. The fourth-order valence-corrected chi connectivity index (χ4v) is 1.80. The van der Waals surface area contributed by atoms with Crippen molar-refractivity contribution in [3.8, 4) is 0 Å². The van der Waals surface area contributed by atoms with Gasteiger partial charge in [0.2, 0.25) is 0 Å². The normalized spacial score (nSPS) is 11.9. The summed E-state index contributed by atoms with van der Waals surface area (Å²) in [5.41, 5.74) is 0.918. The molecule has 1 aromatic heterocycles. The molecule has 0 unspecified atom stereocenters. The molecule has 5 nitrogen and oxygen atoms in total. The van der Waals surface area contributed by atoms with Crippen LogP contribution in [0.1, 0.15) is 30.8 Å². The number of aromatic nitrogens is 1. The summed E-state index contributed by atoms with van der Waals surface area (Å²) in [4.78, 5) is 27.7. The van der Waals surface area contributed by atoms with Gasteiger partial charge in [-0.2, -0.15) is 0 Å². The molecule has 110 valence electrons. The molecule has 1 amide bonds. The predicted molar refractivity (Wildman–Crippen MR) is 79.9 cm³/mol. The van der Waals surface area contributed by atoms with E-state index in [-0.39, 0.29) is 24.2 Å². The quantitative estimate of drug-likeness (QED) is 0.856. The minimum Gasteiger partial charge on any atom is -0.451 e. The average Bonchev–Trinajstić information content (AvgIpc) is 2.51. The van der Waals surface area contributed by atoms with E-state index in [1.807, 2.05) is 38.1 Å². The molecule has 0 bridgehead atoms. The van der Waals surface area contributed by atoms with Crippen molar-refractivity contribution in [2.24, 2.45) is 0 Å². The molecule has 2 aromatic rings. The molecule has 0 spiro atoms. The molecule has 0 aliphatic heterocycles. The summed E-state index contributed by atoms with van der Waals surface area (Å²) in [6.07, 6.45) is 0.825. The minimum absolute atomic E-state index is 0.0648. The number of amides is 1. The Morgan fingerprint density at radius 3 is 2.76 bits per heavy atom. The number of nitrogens with one attached hydrogen (secondary N) is 1. The Labute approximate surface area is 123 Å². The van der Waals surface area contributed by atoms with Gasteiger partial charge in [-0.3, -0.25) is 4.79 Å². The first-order chi connectivity index (χ1) is 10.1. The fourth-order valence-electron chi connectivity index (χ4n) is 1.80. The van der Waals surface area contributed by atoms with Crippen LogP contribution in [-0.4, -0.2) is 29.5 Å². The molecular weight excluding hydrogens is 268 g/mol. The smallest absolute Gasteiger partial charge is 0.357 e. The molecule has 21 heavy (non-hydrogen) atoms. The van der Waals surface area contributed by atoms with Gasteiger partial charge in [-0.15, -0.1) is 0 Å². The molecule has 0 saturated carbocycles. The van der Waals surface area contributed by atoms with Crippen LogP contribution < -0.4 is 5.32 Å². The van der Waals surface area contributed by atoms with Gasteiger partial charge in [0.15, 0.2) is 6.61 Å². The standard InChI is InChI=1S/C16H18N2O3/c1-3-11(2)17-15(19)10-21-16(20)14-9-8-12-6-4-5-7-13(12)18-14/h4-9,11H,3,10H2,1-2H3,(H,17,19)/t11-/m1/s1. The van der Waals surface area contributed by atoms with Crippen LogP contribution in [0.4, 0.5) is 0 Å². The maximum atomic E-state index is 11.9.